The van der Waals surface area contributed by atoms with Gasteiger partial charge in [0.15, 0.2) is 0 Å². The highest BCUT2D eigenvalue weighted by atomic mass is 19.1. The number of carbonyl (C=O) groups excluding carboxylic acids is 1. The highest BCUT2D eigenvalue weighted by Gasteiger charge is 2.38. The second kappa shape index (κ2) is 10.4. The minimum Gasteiger partial charge on any atom is -0.369 e. The van der Waals surface area contributed by atoms with E-state index in [-0.39, 0.29) is 23.5 Å². The zero-order valence-electron chi connectivity index (χ0n) is 19.8. The standard InChI is InChI=1S/C28H35F2N3O/c29-24-8-10-26(11-9-24)32-14-12-31(13-15-32)18-23-19-33(28(34)16-21-4-1-2-5-21)20-27(23)22-6-3-7-25(30)17-22/h3,6-11,17,21,23,27H,1-2,4-5,12-16,18-20H2. The first-order valence-corrected chi connectivity index (χ1v) is 12.8. The molecule has 2 aromatic rings. The summed E-state index contributed by atoms with van der Waals surface area (Å²) in [6.45, 7) is 6.01. The van der Waals surface area contributed by atoms with Crippen molar-refractivity contribution in [3.8, 4) is 0 Å². The van der Waals surface area contributed by atoms with Gasteiger partial charge in [0.25, 0.3) is 0 Å². The van der Waals surface area contributed by atoms with E-state index >= 15 is 0 Å². The number of hydrogen-bond donors (Lipinski definition) is 0. The van der Waals surface area contributed by atoms with Gasteiger partial charge in [0, 0.05) is 63.8 Å². The Kier molecular flexibility index (Phi) is 7.14. The van der Waals surface area contributed by atoms with E-state index < -0.39 is 0 Å². The van der Waals surface area contributed by atoms with Crippen molar-refractivity contribution in [3.05, 3.63) is 65.7 Å². The van der Waals surface area contributed by atoms with Crippen molar-refractivity contribution in [1.29, 1.82) is 0 Å². The van der Waals surface area contributed by atoms with Gasteiger partial charge in [-0.3, -0.25) is 9.69 Å². The van der Waals surface area contributed by atoms with Crippen molar-refractivity contribution in [2.75, 3.05) is 50.7 Å². The molecular formula is C28H35F2N3O. The number of likely N-dealkylation sites (tertiary alicyclic amines) is 1. The Morgan fingerprint density at radius 3 is 2.32 bits per heavy atom. The highest BCUT2D eigenvalue weighted by Crippen LogP contribution is 2.36. The summed E-state index contributed by atoms with van der Waals surface area (Å²) < 4.78 is 27.3. The summed E-state index contributed by atoms with van der Waals surface area (Å²) in [7, 11) is 0. The molecule has 1 saturated carbocycles. The molecule has 34 heavy (non-hydrogen) atoms. The number of carbonyl (C=O) groups is 1. The van der Waals surface area contributed by atoms with Gasteiger partial charge in [0.1, 0.15) is 11.6 Å². The van der Waals surface area contributed by atoms with Gasteiger partial charge >= 0.3 is 0 Å². The molecule has 0 radical (unpaired) electrons. The number of benzene rings is 2. The van der Waals surface area contributed by atoms with Crippen LogP contribution in [0.4, 0.5) is 14.5 Å². The number of hydrogen-bond acceptors (Lipinski definition) is 3. The number of rotatable bonds is 6. The molecule has 2 aliphatic heterocycles. The summed E-state index contributed by atoms with van der Waals surface area (Å²) in [4.78, 5) is 19.9. The van der Waals surface area contributed by atoms with E-state index in [1.54, 1.807) is 12.1 Å². The minimum atomic E-state index is -0.209. The van der Waals surface area contributed by atoms with E-state index in [9.17, 15) is 13.6 Å². The van der Waals surface area contributed by atoms with Crippen LogP contribution in [-0.4, -0.2) is 61.5 Å². The van der Waals surface area contributed by atoms with Crippen LogP contribution in [0.15, 0.2) is 48.5 Å². The van der Waals surface area contributed by atoms with Crippen molar-refractivity contribution >= 4 is 11.6 Å². The Hall–Kier alpha value is -2.47. The third kappa shape index (κ3) is 5.43. The van der Waals surface area contributed by atoms with Crippen LogP contribution >= 0.6 is 0 Å². The van der Waals surface area contributed by atoms with Crippen molar-refractivity contribution in [1.82, 2.24) is 9.80 Å². The Morgan fingerprint density at radius 1 is 0.882 bits per heavy atom. The lowest BCUT2D eigenvalue weighted by atomic mass is 9.88. The lowest BCUT2D eigenvalue weighted by Crippen LogP contribution is -2.48. The summed E-state index contributed by atoms with van der Waals surface area (Å²) in [5.74, 6) is 0.861. The number of nitrogens with zero attached hydrogens (tertiary/aromatic N) is 3. The largest absolute Gasteiger partial charge is 0.369 e. The van der Waals surface area contributed by atoms with Gasteiger partial charge in [0.2, 0.25) is 5.91 Å². The maximum Gasteiger partial charge on any atom is 0.222 e. The molecule has 2 unspecified atom stereocenters. The summed E-state index contributed by atoms with van der Waals surface area (Å²) in [6.07, 6.45) is 5.51. The van der Waals surface area contributed by atoms with Crippen LogP contribution in [0, 0.1) is 23.5 Å². The molecule has 182 valence electrons. The Labute approximate surface area is 201 Å². The quantitative estimate of drug-likeness (QED) is 0.604. The summed E-state index contributed by atoms with van der Waals surface area (Å²) >= 11 is 0. The number of amides is 1. The van der Waals surface area contributed by atoms with E-state index in [4.69, 9.17) is 0 Å². The van der Waals surface area contributed by atoms with Crippen molar-refractivity contribution < 1.29 is 13.6 Å². The molecule has 0 bridgehead atoms. The Bertz CT molecular complexity index is 968. The first-order chi connectivity index (χ1) is 16.5. The molecule has 3 fully saturated rings. The van der Waals surface area contributed by atoms with Gasteiger partial charge < -0.3 is 9.80 Å². The monoisotopic (exact) mass is 467 g/mol. The SMILES string of the molecule is O=C(CC1CCCC1)N1CC(CN2CCN(c3ccc(F)cc3)CC2)C(c2cccc(F)c2)C1. The van der Waals surface area contributed by atoms with Crippen LogP contribution in [0.1, 0.15) is 43.6 Å². The molecule has 0 N–H and O–H groups in total. The lowest BCUT2D eigenvalue weighted by molar-refractivity contribution is -0.131. The normalized spacial score (nSPS) is 24.2. The van der Waals surface area contributed by atoms with Crippen LogP contribution in [0.2, 0.25) is 0 Å². The Balaban J connectivity index is 1.23. The molecule has 0 spiro atoms. The van der Waals surface area contributed by atoms with Crippen molar-refractivity contribution in [3.63, 3.8) is 0 Å². The van der Waals surface area contributed by atoms with Crippen LogP contribution in [0.3, 0.4) is 0 Å². The fraction of sp³-hybridized carbons (Fsp3) is 0.536. The van der Waals surface area contributed by atoms with Gasteiger partial charge in [-0.1, -0.05) is 25.0 Å². The van der Waals surface area contributed by atoms with Crippen LogP contribution < -0.4 is 4.90 Å². The van der Waals surface area contributed by atoms with Gasteiger partial charge in [-0.2, -0.15) is 0 Å². The molecule has 2 saturated heterocycles. The maximum atomic E-state index is 14.0. The third-order valence-corrected chi connectivity index (χ3v) is 8.07. The molecule has 2 atom stereocenters. The van der Waals surface area contributed by atoms with Gasteiger partial charge in [-0.25, -0.2) is 8.78 Å². The Morgan fingerprint density at radius 2 is 1.62 bits per heavy atom. The number of halogens is 2. The van der Waals surface area contributed by atoms with E-state index in [1.807, 2.05) is 23.1 Å². The topological polar surface area (TPSA) is 26.8 Å². The second-order valence-corrected chi connectivity index (χ2v) is 10.3. The average molecular weight is 468 g/mol. The first-order valence-electron chi connectivity index (χ1n) is 12.8. The van der Waals surface area contributed by atoms with E-state index in [0.717, 1.165) is 50.5 Å². The van der Waals surface area contributed by atoms with Gasteiger partial charge in [-0.15, -0.1) is 0 Å². The molecular weight excluding hydrogens is 432 g/mol. The lowest BCUT2D eigenvalue weighted by Gasteiger charge is -2.37. The molecule has 6 heteroatoms. The van der Waals surface area contributed by atoms with Crippen LogP contribution in [0.5, 0.6) is 0 Å². The third-order valence-electron chi connectivity index (χ3n) is 8.07. The summed E-state index contributed by atoms with van der Waals surface area (Å²) in [6, 6.07) is 13.7. The second-order valence-electron chi connectivity index (χ2n) is 10.3. The number of piperazine rings is 1. The predicted octanol–water partition coefficient (Wildman–Crippen LogP) is 4.91. The van der Waals surface area contributed by atoms with E-state index in [1.165, 1.54) is 43.9 Å². The molecule has 2 aromatic carbocycles. The molecule has 0 aromatic heterocycles. The first kappa shape index (κ1) is 23.3. The molecule has 3 aliphatic rings. The average Bonchev–Trinajstić information content (AvgIpc) is 3.50. The maximum absolute atomic E-state index is 14.0. The molecule has 2 heterocycles. The summed E-state index contributed by atoms with van der Waals surface area (Å²) in [5, 5.41) is 0. The van der Waals surface area contributed by atoms with Crippen molar-refractivity contribution in [2.45, 2.75) is 38.0 Å². The molecule has 1 amide bonds. The predicted molar refractivity (Wildman–Crippen MR) is 131 cm³/mol. The minimum absolute atomic E-state index is 0.165. The fourth-order valence-electron chi connectivity index (χ4n) is 6.14. The molecule has 5 rings (SSSR count). The van der Waals surface area contributed by atoms with Crippen LogP contribution in [-0.2, 0) is 4.79 Å². The fourth-order valence-corrected chi connectivity index (χ4v) is 6.14. The van der Waals surface area contributed by atoms with Gasteiger partial charge in [-0.05, 0) is 66.6 Å². The van der Waals surface area contributed by atoms with E-state index in [2.05, 4.69) is 9.80 Å². The number of anilines is 1. The highest BCUT2D eigenvalue weighted by molar-refractivity contribution is 5.77. The van der Waals surface area contributed by atoms with Crippen molar-refractivity contribution in [2.24, 2.45) is 11.8 Å². The zero-order chi connectivity index (χ0) is 23.5. The smallest absolute Gasteiger partial charge is 0.222 e. The van der Waals surface area contributed by atoms with E-state index in [0.29, 0.717) is 24.8 Å². The molecule has 1 aliphatic carbocycles. The zero-order valence-corrected chi connectivity index (χ0v) is 19.8. The molecule has 4 nitrogen and oxygen atoms in total. The van der Waals surface area contributed by atoms with Gasteiger partial charge in [0.05, 0.1) is 0 Å². The van der Waals surface area contributed by atoms with Crippen LogP contribution in [0.25, 0.3) is 0 Å². The summed E-state index contributed by atoms with van der Waals surface area (Å²) in [5.41, 5.74) is 2.06.